The zero-order chi connectivity index (χ0) is 20.1. The standard InChI is InChI=1S/C23H22BrN3O2/c1-28-21-12-18(24)11-17(23(21)29-15-16-7-3-2-4-8-16)13-25-14-22-26-19-9-5-6-10-20(19)27-22/h2-12,25H,13-15H2,1H3,(H,26,27). The van der Waals surface area contributed by atoms with Gasteiger partial charge in [0.25, 0.3) is 0 Å². The van der Waals surface area contributed by atoms with Crippen LogP contribution >= 0.6 is 15.9 Å². The zero-order valence-corrected chi connectivity index (χ0v) is 17.7. The number of aromatic amines is 1. The number of fused-ring (bicyclic) bond motifs is 1. The van der Waals surface area contributed by atoms with Crippen molar-refractivity contribution in [3.8, 4) is 11.5 Å². The van der Waals surface area contributed by atoms with E-state index in [-0.39, 0.29) is 0 Å². The predicted molar refractivity (Wildman–Crippen MR) is 118 cm³/mol. The van der Waals surface area contributed by atoms with E-state index in [9.17, 15) is 0 Å². The number of nitrogens with one attached hydrogen (secondary N) is 2. The summed E-state index contributed by atoms with van der Waals surface area (Å²) < 4.78 is 12.6. The van der Waals surface area contributed by atoms with E-state index >= 15 is 0 Å². The third-order valence-corrected chi connectivity index (χ3v) is 5.05. The summed E-state index contributed by atoms with van der Waals surface area (Å²) in [6.07, 6.45) is 0. The molecule has 0 unspecified atom stereocenters. The lowest BCUT2D eigenvalue weighted by atomic mass is 10.1. The number of ether oxygens (including phenoxy) is 2. The summed E-state index contributed by atoms with van der Waals surface area (Å²) in [6.45, 7) is 1.73. The highest BCUT2D eigenvalue weighted by atomic mass is 79.9. The molecule has 0 aliphatic rings. The molecule has 5 nitrogen and oxygen atoms in total. The summed E-state index contributed by atoms with van der Waals surface area (Å²) in [6, 6.07) is 22.1. The fraction of sp³-hybridized carbons (Fsp3) is 0.174. The summed E-state index contributed by atoms with van der Waals surface area (Å²) in [4.78, 5) is 7.95. The lowest BCUT2D eigenvalue weighted by molar-refractivity contribution is 0.280. The average molecular weight is 452 g/mol. The minimum Gasteiger partial charge on any atom is -0.493 e. The highest BCUT2D eigenvalue weighted by Gasteiger charge is 2.13. The fourth-order valence-corrected chi connectivity index (χ4v) is 3.69. The van der Waals surface area contributed by atoms with Crippen molar-refractivity contribution in [2.24, 2.45) is 0 Å². The number of hydrogen-bond donors (Lipinski definition) is 2. The number of benzene rings is 3. The van der Waals surface area contributed by atoms with Crippen LogP contribution in [0.1, 0.15) is 17.0 Å². The van der Waals surface area contributed by atoms with Gasteiger partial charge < -0.3 is 19.8 Å². The van der Waals surface area contributed by atoms with Crippen molar-refractivity contribution in [3.63, 3.8) is 0 Å². The molecule has 1 aromatic heterocycles. The lowest BCUT2D eigenvalue weighted by Crippen LogP contribution is -2.15. The maximum atomic E-state index is 6.14. The first-order chi connectivity index (χ1) is 14.2. The fourth-order valence-electron chi connectivity index (χ4n) is 3.20. The van der Waals surface area contributed by atoms with Gasteiger partial charge in [0.05, 0.1) is 24.7 Å². The molecule has 0 fully saturated rings. The molecule has 3 aromatic carbocycles. The van der Waals surface area contributed by atoms with Crippen molar-refractivity contribution in [1.29, 1.82) is 0 Å². The summed E-state index contributed by atoms with van der Waals surface area (Å²) in [5.41, 5.74) is 4.14. The van der Waals surface area contributed by atoms with Crippen LogP contribution in [-0.2, 0) is 19.7 Å². The molecule has 1 heterocycles. The van der Waals surface area contributed by atoms with Gasteiger partial charge in [-0.15, -0.1) is 0 Å². The number of imidazole rings is 1. The van der Waals surface area contributed by atoms with Crippen LogP contribution in [0.4, 0.5) is 0 Å². The second-order valence-electron chi connectivity index (χ2n) is 6.67. The topological polar surface area (TPSA) is 59.2 Å². The summed E-state index contributed by atoms with van der Waals surface area (Å²) in [5, 5.41) is 3.45. The smallest absolute Gasteiger partial charge is 0.166 e. The van der Waals surface area contributed by atoms with Crippen molar-refractivity contribution in [3.05, 3.63) is 88.2 Å². The van der Waals surface area contributed by atoms with Gasteiger partial charge in [-0.2, -0.15) is 0 Å². The number of aromatic nitrogens is 2. The van der Waals surface area contributed by atoms with E-state index in [2.05, 4.69) is 37.3 Å². The lowest BCUT2D eigenvalue weighted by Gasteiger charge is -2.16. The maximum absolute atomic E-state index is 6.14. The van der Waals surface area contributed by atoms with Gasteiger partial charge in [0, 0.05) is 16.6 Å². The summed E-state index contributed by atoms with van der Waals surface area (Å²) >= 11 is 3.56. The second kappa shape index (κ2) is 9.11. The van der Waals surface area contributed by atoms with Gasteiger partial charge in [0.15, 0.2) is 11.5 Å². The molecule has 148 valence electrons. The molecule has 6 heteroatoms. The van der Waals surface area contributed by atoms with Gasteiger partial charge in [-0.1, -0.05) is 58.4 Å². The van der Waals surface area contributed by atoms with E-state index in [1.807, 2.05) is 60.7 Å². The van der Waals surface area contributed by atoms with Crippen LogP contribution in [0, 0.1) is 0 Å². The number of para-hydroxylation sites is 2. The van der Waals surface area contributed by atoms with Gasteiger partial charge in [0.2, 0.25) is 0 Å². The molecular formula is C23H22BrN3O2. The molecule has 0 amide bonds. The quantitative estimate of drug-likeness (QED) is 0.386. The summed E-state index contributed by atoms with van der Waals surface area (Å²) in [5.74, 6) is 2.35. The third-order valence-electron chi connectivity index (χ3n) is 4.59. The van der Waals surface area contributed by atoms with Gasteiger partial charge in [-0.25, -0.2) is 4.98 Å². The zero-order valence-electron chi connectivity index (χ0n) is 16.1. The second-order valence-corrected chi connectivity index (χ2v) is 7.59. The molecule has 29 heavy (non-hydrogen) atoms. The molecule has 0 spiro atoms. The number of rotatable bonds is 8. The van der Waals surface area contributed by atoms with E-state index in [4.69, 9.17) is 9.47 Å². The molecule has 4 rings (SSSR count). The number of hydrogen-bond acceptors (Lipinski definition) is 4. The Morgan fingerprint density at radius 2 is 1.79 bits per heavy atom. The normalized spacial score (nSPS) is 11.0. The van der Waals surface area contributed by atoms with Crippen LogP contribution in [0.15, 0.2) is 71.2 Å². The van der Waals surface area contributed by atoms with Crippen LogP contribution in [0.3, 0.4) is 0 Å². The van der Waals surface area contributed by atoms with Crippen molar-refractivity contribution in [1.82, 2.24) is 15.3 Å². The molecule has 0 bridgehead atoms. The van der Waals surface area contributed by atoms with E-state index < -0.39 is 0 Å². The van der Waals surface area contributed by atoms with E-state index in [1.165, 1.54) is 0 Å². The van der Waals surface area contributed by atoms with E-state index in [0.29, 0.717) is 25.4 Å². The van der Waals surface area contributed by atoms with Crippen LogP contribution < -0.4 is 14.8 Å². The van der Waals surface area contributed by atoms with Gasteiger partial charge >= 0.3 is 0 Å². The Morgan fingerprint density at radius 1 is 1.00 bits per heavy atom. The molecule has 4 aromatic rings. The Morgan fingerprint density at radius 3 is 2.59 bits per heavy atom. The summed E-state index contributed by atoms with van der Waals surface area (Å²) in [7, 11) is 1.66. The predicted octanol–water partition coefficient (Wildman–Crippen LogP) is 5.20. The van der Waals surface area contributed by atoms with Crippen LogP contribution in [0.5, 0.6) is 11.5 Å². The Hall–Kier alpha value is -2.83. The Bertz CT molecular complexity index is 1060. The van der Waals surface area contributed by atoms with E-state index in [1.54, 1.807) is 7.11 Å². The van der Waals surface area contributed by atoms with Gasteiger partial charge in [0.1, 0.15) is 12.4 Å². The minimum atomic E-state index is 0.482. The first-order valence-electron chi connectivity index (χ1n) is 9.40. The first-order valence-corrected chi connectivity index (χ1v) is 10.2. The molecule has 0 radical (unpaired) electrons. The largest absolute Gasteiger partial charge is 0.493 e. The van der Waals surface area contributed by atoms with Crippen molar-refractivity contribution in [2.75, 3.05) is 7.11 Å². The molecule has 0 saturated heterocycles. The maximum Gasteiger partial charge on any atom is 0.166 e. The Balaban J connectivity index is 1.48. The monoisotopic (exact) mass is 451 g/mol. The van der Waals surface area contributed by atoms with Crippen LogP contribution in [0.2, 0.25) is 0 Å². The van der Waals surface area contributed by atoms with Crippen LogP contribution in [0.25, 0.3) is 11.0 Å². The van der Waals surface area contributed by atoms with Crippen molar-refractivity contribution < 1.29 is 9.47 Å². The average Bonchev–Trinajstić information content (AvgIpc) is 3.16. The number of halogens is 1. The third kappa shape index (κ3) is 4.78. The van der Waals surface area contributed by atoms with Crippen molar-refractivity contribution in [2.45, 2.75) is 19.7 Å². The molecular weight excluding hydrogens is 430 g/mol. The molecule has 2 N–H and O–H groups in total. The number of methoxy groups -OCH3 is 1. The minimum absolute atomic E-state index is 0.482. The first kappa shape index (κ1) is 19.5. The molecule has 0 aliphatic heterocycles. The highest BCUT2D eigenvalue weighted by Crippen LogP contribution is 2.35. The van der Waals surface area contributed by atoms with Gasteiger partial charge in [-0.3, -0.25) is 0 Å². The Labute approximate surface area is 178 Å². The Kier molecular flexibility index (Phi) is 6.12. The molecule has 0 aliphatic carbocycles. The number of nitrogens with zero attached hydrogens (tertiary/aromatic N) is 1. The van der Waals surface area contributed by atoms with E-state index in [0.717, 1.165) is 38.2 Å². The molecule has 0 atom stereocenters. The SMILES string of the molecule is COc1cc(Br)cc(CNCc2nc3ccccc3[nH]2)c1OCc1ccccc1. The van der Waals surface area contributed by atoms with Crippen LogP contribution in [-0.4, -0.2) is 17.1 Å². The number of H-pyrrole nitrogens is 1. The molecule has 0 saturated carbocycles. The van der Waals surface area contributed by atoms with Gasteiger partial charge in [-0.05, 0) is 29.8 Å². The van der Waals surface area contributed by atoms with Crippen molar-refractivity contribution >= 4 is 27.0 Å². The highest BCUT2D eigenvalue weighted by molar-refractivity contribution is 9.10.